The molecule has 0 aromatic carbocycles. The normalized spacial score (nSPS) is 13.6. The number of carboxylic acid groups (broad SMARTS) is 1. The number of sulfonamides is 1. The number of aliphatic carboxylic acids is 1. The van der Waals surface area contributed by atoms with Gasteiger partial charge in [0, 0.05) is 13.6 Å². The van der Waals surface area contributed by atoms with Crippen LogP contribution in [0.25, 0.3) is 0 Å². The number of aromatic nitrogens is 2. The third-order valence-corrected chi connectivity index (χ3v) is 3.55. The number of carboxylic acids is 1. The van der Waals surface area contributed by atoms with Gasteiger partial charge in [0.25, 0.3) is 10.0 Å². The van der Waals surface area contributed by atoms with Crippen molar-refractivity contribution in [3.8, 4) is 0 Å². The second kappa shape index (κ2) is 4.62. The monoisotopic (exact) mass is 247 g/mol. The van der Waals surface area contributed by atoms with Crippen LogP contribution < -0.4 is 4.72 Å². The molecule has 1 atom stereocenters. The van der Waals surface area contributed by atoms with Crippen LogP contribution in [0.3, 0.4) is 0 Å². The number of hydrogen-bond donors (Lipinski definition) is 2. The Hall–Kier alpha value is -1.41. The van der Waals surface area contributed by atoms with Gasteiger partial charge in [-0.05, 0) is 6.07 Å². The van der Waals surface area contributed by atoms with E-state index in [1.165, 1.54) is 30.9 Å². The van der Waals surface area contributed by atoms with Crippen molar-refractivity contribution in [2.45, 2.75) is 11.9 Å². The molecule has 16 heavy (non-hydrogen) atoms. The Morgan fingerprint density at radius 1 is 1.69 bits per heavy atom. The van der Waals surface area contributed by atoms with Crippen LogP contribution in [0.4, 0.5) is 0 Å². The van der Waals surface area contributed by atoms with Crippen LogP contribution in [0.1, 0.15) is 6.92 Å². The van der Waals surface area contributed by atoms with E-state index in [2.05, 4.69) is 9.82 Å². The smallest absolute Gasteiger partial charge is 0.307 e. The van der Waals surface area contributed by atoms with Gasteiger partial charge in [-0.3, -0.25) is 9.48 Å². The van der Waals surface area contributed by atoms with E-state index >= 15 is 0 Å². The maximum Gasteiger partial charge on any atom is 0.307 e. The van der Waals surface area contributed by atoms with E-state index in [-0.39, 0.29) is 11.6 Å². The summed E-state index contributed by atoms with van der Waals surface area (Å²) in [6.07, 6.45) is 1.36. The number of aryl methyl sites for hydroxylation is 1. The van der Waals surface area contributed by atoms with E-state index in [0.717, 1.165) is 0 Å². The van der Waals surface area contributed by atoms with E-state index in [1.54, 1.807) is 0 Å². The average Bonchev–Trinajstić information content (AvgIpc) is 2.61. The zero-order valence-electron chi connectivity index (χ0n) is 8.91. The van der Waals surface area contributed by atoms with Crippen LogP contribution in [0, 0.1) is 5.92 Å². The van der Waals surface area contributed by atoms with Gasteiger partial charge in [-0.15, -0.1) is 0 Å². The molecule has 1 aromatic rings. The number of carbonyl (C=O) groups is 1. The molecule has 7 nitrogen and oxygen atoms in total. The molecule has 1 unspecified atom stereocenters. The van der Waals surface area contributed by atoms with Crippen LogP contribution in [-0.2, 0) is 21.9 Å². The second-order valence-electron chi connectivity index (χ2n) is 3.38. The SMILES string of the molecule is CC(CNS(=O)(=O)c1ccnn1C)C(=O)O. The summed E-state index contributed by atoms with van der Waals surface area (Å²) in [4.78, 5) is 10.5. The van der Waals surface area contributed by atoms with Gasteiger partial charge in [-0.25, -0.2) is 13.1 Å². The molecular weight excluding hydrogens is 234 g/mol. The summed E-state index contributed by atoms with van der Waals surface area (Å²) in [5.74, 6) is -1.82. The molecule has 8 heteroatoms. The Kier molecular flexibility index (Phi) is 3.66. The molecule has 0 spiro atoms. The Bertz CT molecular complexity index is 479. The molecule has 0 fully saturated rings. The van der Waals surface area contributed by atoms with Crippen molar-refractivity contribution in [2.24, 2.45) is 13.0 Å². The van der Waals surface area contributed by atoms with Crippen LogP contribution in [0.5, 0.6) is 0 Å². The largest absolute Gasteiger partial charge is 0.481 e. The van der Waals surface area contributed by atoms with E-state index in [0.29, 0.717) is 0 Å². The molecule has 90 valence electrons. The van der Waals surface area contributed by atoms with E-state index in [1.807, 2.05) is 0 Å². The molecular formula is C8H13N3O4S. The number of rotatable bonds is 5. The van der Waals surface area contributed by atoms with Crippen LogP contribution in [0.2, 0.25) is 0 Å². The first-order chi connectivity index (χ1) is 7.34. The number of nitrogens with one attached hydrogen (secondary N) is 1. The molecule has 0 saturated heterocycles. The molecule has 0 aliphatic rings. The topological polar surface area (TPSA) is 101 Å². The lowest BCUT2D eigenvalue weighted by Gasteiger charge is -2.09. The summed E-state index contributed by atoms with van der Waals surface area (Å²) in [5, 5.41) is 12.3. The summed E-state index contributed by atoms with van der Waals surface area (Å²) in [6.45, 7) is 1.27. The molecule has 0 aliphatic carbocycles. The zero-order chi connectivity index (χ0) is 12.3. The standard InChI is InChI=1S/C8H13N3O4S/c1-6(8(12)13)5-10-16(14,15)7-3-4-9-11(7)2/h3-4,6,10H,5H2,1-2H3,(H,12,13). The predicted octanol–water partition coefficient (Wildman–Crippen LogP) is -0.581. The Morgan fingerprint density at radius 2 is 2.31 bits per heavy atom. The lowest BCUT2D eigenvalue weighted by molar-refractivity contribution is -0.140. The van der Waals surface area contributed by atoms with Gasteiger partial charge in [0.15, 0.2) is 5.03 Å². The van der Waals surface area contributed by atoms with E-state index in [4.69, 9.17) is 5.11 Å². The maximum atomic E-state index is 11.7. The molecule has 1 aromatic heterocycles. The maximum absolute atomic E-state index is 11.7. The molecule has 1 rings (SSSR count). The average molecular weight is 247 g/mol. The first-order valence-electron chi connectivity index (χ1n) is 4.55. The van der Waals surface area contributed by atoms with Crippen molar-refractivity contribution in [1.82, 2.24) is 14.5 Å². The Morgan fingerprint density at radius 3 is 2.75 bits per heavy atom. The highest BCUT2D eigenvalue weighted by Gasteiger charge is 2.20. The van der Waals surface area contributed by atoms with Gasteiger partial charge < -0.3 is 5.11 Å². The molecule has 0 aliphatic heterocycles. The van der Waals surface area contributed by atoms with Gasteiger partial charge in [-0.1, -0.05) is 6.92 Å². The van der Waals surface area contributed by atoms with Crippen molar-refractivity contribution in [3.63, 3.8) is 0 Å². The Balaban J connectivity index is 2.75. The summed E-state index contributed by atoms with van der Waals surface area (Å²) in [7, 11) is -2.19. The number of nitrogens with zero attached hydrogens (tertiary/aromatic N) is 2. The Labute approximate surface area is 93.1 Å². The highest BCUT2D eigenvalue weighted by Crippen LogP contribution is 2.06. The van der Waals surface area contributed by atoms with Crippen LogP contribution >= 0.6 is 0 Å². The van der Waals surface area contributed by atoms with Gasteiger partial charge in [0.1, 0.15) is 0 Å². The molecule has 1 heterocycles. The molecule has 2 N–H and O–H groups in total. The molecule has 0 amide bonds. The molecule has 0 bridgehead atoms. The third kappa shape index (κ3) is 2.80. The van der Waals surface area contributed by atoms with E-state index in [9.17, 15) is 13.2 Å². The summed E-state index contributed by atoms with van der Waals surface area (Å²) >= 11 is 0. The number of hydrogen-bond acceptors (Lipinski definition) is 4. The third-order valence-electron chi connectivity index (χ3n) is 2.05. The van der Waals surface area contributed by atoms with Crippen molar-refractivity contribution in [3.05, 3.63) is 12.3 Å². The van der Waals surface area contributed by atoms with Crippen molar-refractivity contribution in [2.75, 3.05) is 6.54 Å². The van der Waals surface area contributed by atoms with Crippen LogP contribution in [-0.4, -0.2) is 35.8 Å². The summed E-state index contributed by atoms with van der Waals surface area (Å²) < 4.78 is 26.8. The van der Waals surface area contributed by atoms with E-state index < -0.39 is 21.9 Å². The van der Waals surface area contributed by atoms with Gasteiger partial charge in [0.2, 0.25) is 0 Å². The summed E-state index contributed by atoms with van der Waals surface area (Å²) in [6, 6.07) is 1.34. The fraction of sp³-hybridized carbons (Fsp3) is 0.500. The fourth-order valence-electron chi connectivity index (χ4n) is 1.02. The minimum absolute atomic E-state index is 0.00471. The zero-order valence-corrected chi connectivity index (χ0v) is 9.73. The van der Waals surface area contributed by atoms with Crippen LogP contribution in [0.15, 0.2) is 17.3 Å². The highest BCUT2D eigenvalue weighted by atomic mass is 32.2. The second-order valence-corrected chi connectivity index (χ2v) is 5.10. The first kappa shape index (κ1) is 12.7. The molecule has 0 saturated carbocycles. The van der Waals surface area contributed by atoms with Gasteiger partial charge in [0.05, 0.1) is 12.1 Å². The fourth-order valence-corrected chi connectivity index (χ4v) is 2.27. The lowest BCUT2D eigenvalue weighted by atomic mass is 10.2. The minimum Gasteiger partial charge on any atom is -0.481 e. The predicted molar refractivity (Wildman–Crippen MR) is 55.2 cm³/mol. The van der Waals surface area contributed by atoms with Gasteiger partial charge in [-0.2, -0.15) is 5.10 Å². The lowest BCUT2D eigenvalue weighted by Crippen LogP contribution is -2.32. The molecule has 0 radical (unpaired) electrons. The minimum atomic E-state index is -3.69. The summed E-state index contributed by atoms with van der Waals surface area (Å²) in [5.41, 5.74) is 0. The van der Waals surface area contributed by atoms with Gasteiger partial charge >= 0.3 is 5.97 Å². The van der Waals surface area contributed by atoms with Crippen molar-refractivity contribution >= 4 is 16.0 Å². The first-order valence-corrected chi connectivity index (χ1v) is 6.03. The van der Waals surface area contributed by atoms with Crippen molar-refractivity contribution < 1.29 is 18.3 Å². The van der Waals surface area contributed by atoms with Crippen molar-refractivity contribution in [1.29, 1.82) is 0 Å². The quantitative estimate of drug-likeness (QED) is 0.724. The highest BCUT2D eigenvalue weighted by molar-refractivity contribution is 7.89.